The molecule has 0 saturated carbocycles. The van der Waals surface area contributed by atoms with Crippen molar-refractivity contribution in [1.82, 2.24) is 14.4 Å². The molecule has 3 heterocycles. The number of hydrogen-bond donors (Lipinski definition) is 2. The van der Waals surface area contributed by atoms with E-state index in [1.165, 1.54) is 11.6 Å². The second kappa shape index (κ2) is 11.1. The second-order valence-corrected chi connectivity index (χ2v) is 12.2. The first kappa shape index (κ1) is 27.6. The summed E-state index contributed by atoms with van der Waals surface area (Å²) in [6.07, 6.45) is 4.33. The Balaban J connectivity index is 1.20. The van der Waals surface area contributed by atoms with Gasteiger partial charge < -0.3 is 10.3 Å². The van der Waals surface area contributed by atoms with Gasteiger partial charge in [-0.2, -0.15) is 0 Å². The number of benzene rings is 4. The third-order valence-electron chi connectivity index (χ3n) is 7.97. The third-order valence-corrected chi connectivity index (χ3v) is 9.01. The van der Waals surface area contributed by atoms with E-state index in [9.17, 15) is 9.59 Å². The number of aromatic nitrogens is 3. The first-order chi connectivity index (χ1) is 21.3. The Bertz CT molecular complexity index is 2150. The number of imidazole rings is 1. The lowest BCUT2D eigenvalue weighted by atomic mass is 10.0. The van der Waals surface area contributed by atoms with Crippen LogP contribution >= 0.6 is 11.3 Å². The quantitative estimate of drug-likeness (QED) is 0.196. The van der Waals surface area contributed by atoms with Gasteiger partial charge in [0, 0.05) is 53.6 Å². The predicted molar refractivity (Wildman–Crippen MR) is 180 cm³/mol. The van der Waals surface area contributed by atoms with E-state index in [4.69, 9.17) is 4.98 Å². The van der Waals surface area contributed by atoms with Crippen molar-refractivity contribution in [3.05, 3.63) is 120 Å². The highest BCUT2D eigenvalue weighted by Gasteiger charge is 2.31. The van der Waals surface area contributed by atoms with Crippen LogP contribution in [0.4, 0.5) is 11.4 Å². The molecule has 1 atom stereocenters. The lowest BCUT2D eigenvalue weighted by molar-refractivity contribution is -0.122. The lowest BCUT2D eigenvalue weighted by Gasteiger charge is -2.31. The molecule has 4 aromatic carbocycles. The highest BCUT2D eigenvalue weighted by molar-refractivity contribution is 7.23. The summed E-state index contributed by atoms with van der Waals surface area (Å²) in [6, 6.07) is 29.2. The van der Waals surface area contributed by atoms with Crippen molar-refractivity contribution in [2.24, 2.45) is 0 Å². The van der Waals surface area contributed by atoms with Gasteiger partial charge in [0.25, 0.3) is 0 Å². The van der Waals surface area contributed by atoms with E-state index in [2.05, 4.69) is 32.9 Å². The third kappa shape index (κ3) is 5.14. The van der Waals surface area contributed by atoms with Crippen LogP contribution in [0.3, 0.4) is 0 Å². The summed E-state index contributed by atoms with van der Waals surface area (Å²) < 4.78 is 3.31. The average molecular weight is 598 g/mol. The van der Waals surface area contributed by atoms with E-state index in [0.29, 0.717) is 17.8 Å². The fraction of sp³-hybridized carbons (Fsp3) is 0.139. The number of amides is 2. The molecule has 1 unspecified atom stereocenters. The van der Waals surface area contributed by atoms with Crippen molar-refractivity contribution in [2.75, 3.05) is 10.2 Å². The molecule has 8 heteroatoms. The molecule has 3 aromatic heterocycles. The summed E-state index contributed by atoms with van der Waals surface area (Å²) in [5.41, 5.74) is 8.34. The largest absolute Gasteiger partial charge is 0.361 e. The molecule has 0 spiro atoms. The first-order valence-electron chi connectivity index (χ1n) is 14.5. The van der Waals surface area contributed by atoms with Gasteiger partial charge in [0.2, 0.25) is 11.8 Å². The molecule has 0 saturated heterocycles. The van der Waals surface area contributed by atoms with Crippen molar-refractivity contribution in [2.45, 2.75) is 33.2 Å². The molecule has 0 aliphatic rings. The van der Waals surface area contributed by atoms with E-state index < -0.39 is 6.04 Å². The summed E-state index contributed by atoms with van der Waals surface area (Å²) in [5, 5.41) is 4.13. The zero-order valence-electron chi connectivity index (χ0n) is 24.7. The van der Waals surface area contributed by atoms with Crippen LogP contribution in [0.1, 0.15) is 23.6 Å². The Labute approximate surface area is 258 Å². The molecule has 2 amide bonds. The number of nitrogens with one attached hydrogen (secondary N) is 2. The minimum atomic E-state index is -0.777. The van der Waals surface area contributed by atoms with Crippen LogP contribution in [-0.4, -0.2) is 32.2 Å². The van der Waals surface area contributed by atoms with Crippen LogP contribution in [-0.2, 0) is 16.0 Å². The summed E-state index contributed by atoms with van der Waals surface area (Å²) in [5.74, 6) is -0.455. The fourth-order valence-corrected chi connectivity index (χ4v) is 7.03. The number of anilines is 2. The minimum absolute atomic E-state index is 0.197. The van der Waals surface area contributed by atoms with Crippen molar-refractivity contribution in [3.63, 3.8) is 0 Å². The number of hydrogen-bond acceptors (Lipinski definition) is 4. The summed E-state index contributed by atoms with van der Waals surface area (Å²) in [4.78, 5) is 38.0. The molecular formula is C36H31N5O2S. The van der Waals surface area contributed by atoms with Gasteiger partial charge in [0.1, 0.15) is 6.04 Å². The van der Waals surface area contributed by atoms with E-state index in [1.54, 1.807) is 16.2 Å². The average Bonchev–Trinajstić information content (AvgIpc) is 3.70. The van der Waals surface area contributed by atoms with Gasteiger partial charge in [-0.25, -0.2) is 4.98 Å². The fourth-order valence-electron chi connectivity index (χ4n) is 6.02. The maximum atomic E-state index is 14.1. The molecule has 7 aromatic rings. The molecule has 218 valence electrons. The molecule has 44 heavy (non-hydrogen) atoms. The van der Waals surface area contributed by atoms with Crippen LogP contribution in [0.5, 0.6) is 0 Å². The zero-order chi connectivity index (χ0) is 30.4. The van der Waals surface area contributed by atoms with Gasteiger partial charge in [-0.3, -0.25) is 18.9 Å². The van der Waals surface area contributed by atoms with Gasteiger partial charge in [0.05, 0.1) is 15.9 Å². The minimum Gasteiger partial charge on any atom is -0.361 e. The number of para-hydroxylation sites is 2. The molecule has 0 fully saturated rings. The monoisotopic (exact) mass is 597 g/mol. The van der Waals surface area contributed by atoms with Crippen LogP contribution in [0.15, 0.2) is 103 Å². The zero-order valence-corrected chi connectivity index (χ0v) is 25.5. The molecule has 2 N–H and O–H groups in total. The van der Waals surface area contributed by atoms with Crippen molar-refractivity contribution < 1.29 is 9.59 Å². The summed E-state index contributed by atoms with van der Waals surface area (Å²) in [6.45, 7) is 5.51. The van der Waals surface area contributed by atoms with E-state index in [0.717, 1.165) is 49.3 Å². The Kier molecular flexibility index (Phi) is 6.98. The molecule has 7 rings (SSSR count). The number of nitrogens with zero attached hydrogens (tertiary/aromatic N) is 3. The van der Waals surface area contributed by atoms with E-state index in [-0.39, 0.29) is 11.8 Å². The number of carbonyl (C=O) groups excluding carboxylic acids is 2. The van der Waals surface area contributed by atoms with Gasteiger partial charge in [0.15, 0.2) is 4.96 Å². The number of rotatable bonds is 7. The van der Waals surface area contributed by atoms with Crippen molar-refractivity contribution in [3.8, 4) is 11.3 Å². The molecule has 0 radical (unpaired) electrons. The highest BCUT2D eigenvalue weighted by Crippen LogP contribution is 2.30. The Morgan fingerprint density at radius 2 is 1.68 bits per heavy atom. The topological polar surface area (TPSA) is 82.5 Å². The van der Waals surface area contributed by atoms with Crippen LogP contribution in [0.25, 0.3) is 37.3 Å². The molecule has 0 aliphatic carbocycles. The molecule has 7 nitrogen and oxygen atoms in total. The molecular weight excluding hydrogens is 566 g/mol. The van der Waals surface area contributed by atoms with Crippen molar-refractivity contribution >= 4 is 60.6 Å². The number of H-pyrrole nitrogens is 1. The summed E-state index contributed by atoms with van der Waals surface area (Å²) >= 11 is 1.66. The number of carbonyl (C=O) groups is 2. The van der Waals surface area contributed by atoms with Crippen LogP contribution < -0.4 is 10.2 Å². The SMILES string of the molecule is CC(=O)N(c1cc(C)cc(C)c1)C(Cc1c[nH]c2ccccc12)C(=O)Nc1ccc(-c2cn3c(n2)sc2ccccc23)cc1. The number of aromatic amines is 1. The van der Waals surface area contributed by atoms with Gasteiger partial charge in [-0.15, -0.1) is 0 Å². The van der Waals surface area contributed by atoms with E-state index >= 15 is 0 Å². The highest BCUT2D eigenvalue weighted by atomic mass is 32.1. The normalized spacial score (nSPS) is 12.2. The maximum Gasteiger partial charge on any atom is 0.247 e. The maximum absolute atomic E-state index is 14.1. The second-order valence-electron chi connectivity index (χ2n) is 11.2. The first-order valence-corrected chi connectivity index (χ1v) is 15.4. The summed E-state index contributed by atoms with van der Waals surface area (Å²) in [7, 11) is 0. The number of aryl methyl sites for hydroxylation is 2. The Morgan fingerprint density at radius 1 is 0.955 bits per heavy atom. The van der Waals surface area contributed by atoms with Gasteiger partial charge in [-0.1, -0.05) is 59.9 Å². The van der Waals surface area contributed by atoms with Crippen molar-refractivity contribution in [1.29, 1.82) is 0 Å². The Hall–Kier alpha value is -5.21. The van der Waals surface area contributed by atoms with E-state index in [1.807, 2.05) is 99.0 Å². The smallest absolute Gasteiger partial charge is 0.247 e. The number of thiazole rings is 1. The predicted octanol–water partition coefficient (Wildman–Crippen LogP) is 7.92. The Morgan fingerprint density at radius 3 is 2.45 bits per heavy atom. The van der Waals surface area contributed by atoms with Crippen LogP contribution in [0.2, 0.25) is 0 Å². The van der Waals surface area contributed by atoms with Gasteiger partial charge in [-0.05, 0) is 73.0 Å². The van der Waals surface area contributed by atoms with Gasteiger partial charge >= 0.3 is 0 Å². The standard InChI is InChI=1S/C36H31N5O2S/c1-22-16-23(2)18-28(17-22)41(24(3)42)33(19-26-20-37-30-9-5-4-8-29(26)30)35(43)38-27-14-12-25(13-15-27)31-21-40-32-10-6-7-11-34(32)44-36(40)39-31/h4-18,20-21,33,37H,19H2,1-3H3,(H,38,43). The van der Waals surface area contributed by atoms with Crippen LogP contribution in [0, 0.1) is 13.8 Å². The number of fused-ring (bicyclic) bond motifs is 4. The lowest BCUT2D eigenvalue weighted by Crippen LogP contribution is -2.48. The molecule has 0 bridgehead atoms. The molecule has 0 aliphatic heterocycles.